The number of nitrogens with zero attached hydrogens (tertiary/aromatic N) is 3. The van der Waals surface area contributed by atoms with Crippen molar-refractivity contribution in [1.29, 1.82) is 5.26 Å². The molecular weight excluding hydrogens is 304 g/mol. The van der Waals surface area contributed by atoms with Gasteiger partial charge < -0.3 is 10.2 Å². The molecule has 1 aromatic carbocycles. The maximum Gasteiger partial charge on any atom is 0.228 e. The van der Waals surface area contributed by atoms with E-state index in [1.165, 1.54) is 12.8 Å². The third kappa shape index (κ3) is 2.87. The Bertz CT molecular complexity index is 735. The Kier molecular flexibility index (Phi) is 3.73. The first-order valence-electron chi connectivity index (χ1n) is 8.49. The molecule has 4 rings (SSSR count). The fourth-order valence-corrected chi connectivity index (χ4v) is 3.64. The minimum absolute atomic E-state index is 0.00142. The number of fused-ring (bicyclic) bond motifs is 1. The second-order valence-electron chi connectivity index (χ2n) is 6.85. The molecule has 2 aliphatic heterocycles. The van der Waals surface area contributed by atoms with Crippen LogP contribution in [-0.4, -0.2) is 53.3 Å². The molecule has 2 amide bonds. The van der Waals surface area contributed by atoms with E-state index in [9.17, 15) is 14.9 Å². The lowest BCUT2D eigenvalue weighted by Crippen LogP contribution is -2.55. The van der Waals surface area contributed by atoms with E-state index in [0.29, 0.717) is 32.0 Å². The Morgan fingerprint density at radius 1 is 1.33 bits per heavy atom. The minimum Gasteiger partial charge on any atom is -0.338 e. The molecule has 2 heterocycles. The first-order chi connectivity index (χ1) is 11.6. The Balaban J connectivity index is 1.41. The van der Waals surface area contributed by atoms with Crippen LogP contribution in [0.4, 0.5) is 5.69 Å². The highest BCUT2D eigenvalue weighted by Gasteiger charge is 2.38. The second kappa shape index (κ2) is 5.91. The lowest BCUT2D eigenvalue weighted by molar-refractivity contribution is -0.133. The highest BCUT2D eigenvalue weighted by Crippen LogP contribution is 2.30. The molecule has 3 aliphatic rings. The molecule has 1 atom stereocenters. The number of carbonyl (C=O) groups is 2. The fourth-order valence-electron chi connectivity index (χ4n) is 3.64. The number of rotatable bonds is 3. The Hall–Kier alpha value is -2.39. The topological polar surface area (TPSA) is 76.4 Å². The van der Waals surface area contributed by atoms with Gasteiger partial charge in [0.25, 0.3) is 0 Å². The molecule has 1 unspecified atom stereocenters. The third-order valence-electron chi connectivity index (χ3n) is 5.09. The second-order valence-corrected chi connectivity index (χ2v) is 6.85. The van der Waals surface area contributed by atoms with Crippen LogP contribution in [0.2, 0.25) is 0 Å². The van der Waals surface area contributed by atoms with Gasteiger partial charge in [0, 0.05) is 31.4 Å². The van der Waals surface area contributed by atoms with E-state index < -0.39 is 0 Å². The molecule has 1 aliphatic carbocycles. The number of hydrogen-bond donors (Lipinski definition) is 1. The van der Waals surface area contributed by atoms with Gasteiger partial charge in [-0.1, -0.05) is 12.1 Å². The number of anilines is 1. The molecule has 2 fully saturated rings. The van der Waals surface area contributed by atoms with Crippen LogP contribution >= 0.6 is 0 Å². The normalized spacial score (nSPS) is 23.5. The van der Waals surface area contributed by atoms with Crippen LogP contribution in [0.1, 0.15) is 24.0 Å². The fraction of sp³-hybridized carbons (Fsp3) is 0.500. The van der Waals surface area contributed by atoms with Gasteiger partial charge >= 0.3 is 0 Å². The van der Waals surface area contributed by atoms with Crippen LogP contribution in [0, 0.1) is 11.3 Å². The standard InChI is InChI=1S/C18H20N4O2/c19-10-15-11-21(5-6-22(15)14-3-4-14)18(24)8-12-1-2-13-9-17(23)20-16(13)7-12/h1-2,7,14-15H,3-6,8-9,11H2,(H,20,23). The van der Waals surface area contributed by atoms with Gasteiger partial charge in [-0.2, -0.15) is 5.26 Å². The predicted molar refractivity (Wildman–Crippen MR) is 88.2 cm³/mol. The van der Waals surface area contributed by atoms with E-state index >= 15 is 0 Å². The summed E-state index contributed by atoms with van der Waals surface area (Å²) in [5.74, 6) is 0.0523. The van der Waals surface area contributed by atoms with Gasteiger partial charge in [0.1, 0.15) is 6.04 Å². The van der Waals surface area contributed by atoms with E-state index in [-0.39, 0.29) is 17.9 Å². The molecule has 1 saturated carbocycles. The lowest BCUT2D eigenvalue weighted by Gasteiger charge is -2.38. The molecule has 1 saturated heterocycles. The lowest BCUT2D eigenvalue weighted by atomic mass is 10.1. The maximum absolute atomic E-state index is 12.6. The van der Waals surface area contributed by atoms with Gasteiger partial charge in [-0.3, -0.25) is 14.5 Å². The van der Waals surface area contributed by atoms with E-state index in [0.717, 1.165) is 23.4 Å². The molecule has 0 radical (unpaired) electrons. The molecule has 1 aromatic rings. The van der Waals surface area contributed by atoms with E-state index in [4.69, 9.17) is 0 Å². The van der Waals surface area contributed by atoms with Crippen molar-refractivity contribution in [2.45, 2.75) is 37.8 Å². The zero-order valence-electron chi connectivity index (χ0n) is 13.5. The zero-order valence-corrected chi connectivity index (χ0v) is 13.5. The summed E-state index contributed by atoms with van der Waals surface area (Å²) in [4.78, 5) is 28.1. The summed E-state index contributed by atoms with van der Waals surface area (Å²) in [6.45, 7) is 1.97. The molecule has 0 aromatic heterocycles. The number of piperazine rings is 1. The molecular formula is C18H20N4O2. The summed E-state index contributed by atoms with van der Waals surface area (Å²) in [6, 6.07) is 8.43. The van der Waals surface area contributed by atoms with Gasteiger partial charge in [-0.25, -0.2) is 0 Å². The van der Waals surface area contributed by atoms with Gasteiger partial charge in [0.2, 0.25) is 11.8 Å². The average molecular weight is 324 g/mol. The summed E-state index contributed by atoms with van der Waals surface area (Å²) in [7, 11) is 0. The summed E-state index contributed by atoms with van der Waals surface area (Å²) >= 11 is 0. The third-order valence-corrected chi connectivity index (χ3v) is 5.09. The molecule has 6 nitrogen and oxygen atoms in total. The van der Waals surface area contributed by atoms with Crippen molar-refractivity contribution >= 4 is 17.5 Å². The molecule has 1 N–H and O–H groups in total. The van der Waals surface area contributed by atoms with Gasteiger partial charge in [0.15, 0.2) is 0 Å². The monoisotopic (exact) mass is 324 g/mol. The van der Waals surface area contributed by atoms with Crippen LogP contribution in [0.5, 0.6) is 0 Å². The first-order valence-corrected chi connectivity index (χ1v) is 8.49. The number of nitrogens with one attached hydrogen (secondary N) is 1. The van der Waals surface area contributed by atoms with Crippen LogP contribution < -0.4 is 5.32 Å². The number of hydrogen-bond acceptors (Lipinski definition) is 4. The summed E-state index contributed by atoms with van der Waals surface area (Å²) in [6.07, 6.45) is 3.07. The Morgan fingerprint density at radius 2 is 2.17 bits per heavy atom. The van der Waals surface area contributed by atoms with E-state index in [1.54, 1.807) is 4.90 Å². The van der Waals surface area contributed by atoms with Gasteiger partial charge in [0.05, 0.1) is 18.9 Å². The molecule has 6 heteroatoms. The summed E-state index contributed by atoms with van der Waals surface area (Å²) in [5.41, 5.74) is 2.71. The maximum atomic E-state index is 12.6. The first kappa shape index (κ1) is 15.2. The van der Waals surface area contributed by atoms with Crippen LogP contribution in [-0.2, 0) is 22.4 Å². The van der Waals surface area contributed by atoms with Crippen LogP contribution in [0.3, 0.4) is 0 Å². The van der Waals surface area contributed by atoms with Crippen molar-refractivity contribution < 1.29 is 9.59 Å². The molecule has 0 bridgehead atoms. The van der Waals surface area contributed by atoms with Crippen molar-refractivity contribution in [1.82, 2.24) is 9.80 Å². The van der Waals surface area contributed by atoms with E-state index in [2.05, 4.69) is 16.3 Å². The summed E-state index contributed by atoms with van der Waals surface area (Å²) in [5, 5.41) is 12.2. The van der Waals surface area contributed by atoms with Crippen molar-refractivity contribution in [2.24, 2.45) is 0 Å². The number of benzene rings is 1. The number of nitriles is 1. The zero-order chi connectivity index (χ0) is 16.7. The molecule has 24 heavy (non-hydrogen) atoms. The molecule has 124 valence electrons. The highest BCUT2D eigenvalue weighted by molar-refractivity contribution is 5.99. The van der Waals surface area contributed by atoms with Crippen molar-refractivity contribution in [3.63, 3.8) is 0 Å². The predicted octanol–water partition coefficient (Wildman–Crippen LogP) is 0.922. The average Bonchev–Trinajstić information content (AvgIpc) is 3.35. The largest absolute Gasteiger partial charge is 0.338 e. The SMILES string of the molecule is N#CC1CN(C(=O)Cc2ccc3c(c2)NC(=O)C3)CCN1C1CC1. The smallest absolute Gasteiger partial charge is 0.228 e. The Labute approximate surface area is 141 Å². The van der Waals surface area contributed by atoms with Gasteiger partial charge in [-0.15, -0.1) is 0 Å². The van der Waals surface area contributed by atoms with Crippen LogP contribution in [0.25, 0.3) is 0 Å². The number of carbonyl (C=O) groups excluding carboxylic acids is 2. The quantitative estimate of drug-likeness (QED) is 0.897. The summed E-state index contributed by atoms with van der Waals surface area (Å²) < 4.78 is 0. The minimum atomic E-state index is -0.186. The van der Waals surface area contributed by atoms with Crippen molar-refractivity contribution in [3.8, 4) is 6.07 Å². The number of amides is 2. The van der Waals surface area contributed by atoms with Crippen molar-refractivity contribution in [3.05, 3.63) is 29.3 Å². The Morgan fingerprint density at radius 3 is 2.92 bits per heavy atom. The van der Waals surface area contributed by atoms with Crippen LogP contribution in [0.15, 0.2) is 18.2 Å². The van der Waals surface area contributed by atoms with Gasteiger partial charge in [-0.05, 0) is 30.0 Å². The molecule has 0 spiro atoms. The van der Waals surface area contributed by atoms with Crippen molar-refractivity contribution in [2.75, 3.05) is 25.0 Å². The highest BCUT2D eigenvalue weighted by atomic mass is 16.2. The van der Waals surface area contributed by atoms with E-state index in [1.807, 2.05) is 18.2 Å².